The summed E-state index contributed by atoms with van der Waals surface area (Å²) in [6.07, 6.45) is 6.34. The van der Waals surface area contributed by atoms with Crippen molar-refractivity contribution < 1.29 is 9.90 Å². The summed E-state index contributed by atoms with van der Waals surface area (Å²) in [5.41, 5.74) is 5.68. The number of nitrogens with one attached hydrogen (secondary N) is 1. The molecule has 1 atom stereocenters. The highest BCUT2D eigenvalue weighted by Gasteiger charge is 2.34. The molecular formula is C22H27NO2S. The van der Waals surface area contributed by atoms with Crippen LogP contribution in [0.25, 0.3) is 10.4 Å². The molecule has 0 amide bonds. The number of aromatic carboxylic acids is 1. The molecule has 0 aliphatic heterocycles. The van der Waals surface area contributed by atoms with Crippen molar-refractivity contribution >= 4 is 17.3 Å². The van der Waals surface area contributed by atoms with Gasteiger partial charge in [-0.05, 0) is 73.2 Å². The zero-order valence-electron chi connectivity index (χ0n) is 15.8. The molecule has 1 aromatic heterocycles. The van der Waals surface area contributed by atoms with Gasteiger partial charge in [-0.3, -0.25) is 0 Å². The molecule has 3 nitrogen and oxygen atoms in total. The lowest BCUT2D eigenvalue weighted by molar-refractivity contribution is 0.0696. The van der Waals surface area contributed by atoms with Crippen LogP contribution in [0.3, 0.4) is 0 Å². The zero-order chi connectivity index (χ0) is 18.5. The molecule has 0 radical (unpaired) electrons. The molecule has 0 saturated carbocycles. The van der Waals surface area contributed by atoms with Crippen molar-refractivity contribution in [1.29, 1.82) is 0 Å². The van der Waals surface area contributed by atoms with Gasteiger partial charge in [-0.1, -0.05) is 32.0 Å². The average Bonchev–Trinajstić information content (AvgIpc) is 2.97. The van der Waals surface area contributed by atoms with Crippen LogP contribution in [0.15, 0.2) is 18.2 Å². The van der Waals surface area contributed by atoms with Crippen molar-refractivity contribution in [1.82, 2.24) is 5.32 Å². The van der Waals surface area contributed by atoms with Crippen molar-refractivity contribution in [3.63, 3.8) is 0 Å². The molecule has 138 valence electrons. The van der Waals surface area contributed by atoms with Gasteiger partial charge in [0.1, 0.15) is 0 Å². The van der Waals surface area contributed by atoms with Gasteiger partial charge in [0.2, 0.25) is 0 Å². The number of thiophene rings is 1. The Morgan fingerprint density at radius 2 is 2.08 bits per heavy atom. The standard InChI is InChI=1S/C22H27NO2S/c1-22(2)11-10-18-16(12-22)19(21(24)25)20(26-18)15-8-4-7-14-13(15)6-5-9-17(14)23-3/h4,7-8,17,23H,5-6,9-12H2,1-3H3,(H,24,25)/t17-/m0/s1. The molecule has 0 saturated heterocycles. The smallest absolute Gasteiger partial charge is 0.337 e. The molecule has 26 heavy (non-hydrogen) atoms. The largest absolute Gasteiger partial charge is 0.478 e. The maximum Gasteiger partial charge on any atom is 0.337 e. The number of fused-ring (bicyclic) bond motifs is 2. The second-order valence-corrected chi connectivity index (χ2v) is 9.57. The molecule has 1 aromatic carbocycles. The fourth-order valence-electron chi connectivity index (χ4n) is 4.70. The maximum atomic E-state index is 12.2. The van der Waals surface area contributed by atoms with E-state index in [-0.39, 0.29) is 5.41 Å². The zero-order valence-corrected chi connectivity index (χ0v) is 16.6. The van der Waals surface area contributed by atoms with Gasteiger partial charge in [-0.15, -0.1) is 11.3 Å². The highest BCUT2D eigenvalue weighted by Crippen LogP contribution is 2.47. The Hall–Kier alpha value is -1.65. The quantitative estimate of drug-likeness (QED) is 0.779. The molecule has 2 aromatic rings. The molecular weight excluding hydrogens is 342 g/mol. The third-order valence-electron chi connectivity index (χ3n) is 6.09. The highest BCUT2D eigenvalue weighted by molar-refractivity contribution is 7.16. The first kappa shape index (κ1) is 17.7. The maximum absolute atomic E-state index is 12.2. The van der Waals surface area contributed by atoms with Gasteiger partial charge in [0.25, 0.3) is 0 Å². The summed E-state index contributed by atoms with van der Waals surface area (Å²) in [6, 6.07) is 6.81. The average molecular weight is 370 g/mol. The minimum absolute atomic E-state index is 0.183. The van der Waals surface area contributed by atoms with E-state index in [9.17, 15) is 9.90 Å². The predicted molar refractivity (Wildman–Crippen MR) is 107 cm³/mol. The van der Waals surface area contributed by atoms with Crippen LogP contribution in [0.1, 0.15) is 71.1 Å². The number of rotatable bonds is 3. The van der Waals surface area contributed by atoms with Crippen LogP contribution in [-0.4, -0.2) is 18.1 Å². The Morgan fingerprint density at radius 1 is 1.27 bits per heavy atom. The normalized spacial score (nSPS) is 21.1. The number of benzene rings is 1. The second kappa shape index (κ2) is 6.50. The summed E-state index contributed by atoms with van der Waals surface area (Å²) in [5.74, 6) is -0.770. The van der Waals surface area contributed by atoms with Crippen LogP contribution in [0, 0.1) is 5.41 Å². The van der Waals surface area contributed by atoms with Crippen LogP contribution in [0.5, 0.6) is 0 Å². The van der Waals surface area contributed by atoms with Crippen molar-refractivity contribution in [2.24, 2.45) is 5.41 Å². The molecule has 0 unspecified atom stereocenters. The van der Waals surface area contributed by atoms with Crippen LogP contribution in [0.2, 0.25) is 0 Å². The van der Waals surface area contributed by atoms with E-state index >= 15 is 0 Å². The fraction of sp³-hybridized carbons (Fsp3) is 0.500. The third kappa shape index (κ3) is 2.89. The number of hydrogen-bond acceptors (Lipinski definition) is 3. The minimum Gasteiger partial charge on any atom is -0.478 e. The Balaban J connectivity index is 1.90. The monoisotopic (exact) mass is 369 g/mol. The van der Waals surface area contributed by atoms with E-state index in [1.54, 1.807) is 11.3 Å². The molecule has 0 fully saturated rings. The molecule has 0 bridgehead atoms. The van der Waals surface area contributed by atoms with E-state index in [1.165, 1.54) is 16.0 Å². The summed E-state index contributed by atoms with van der Waals surface area (Å²) in [6.45, 7) is 4.50. The molecule has 4 heteroatoms. The predicted octanol–water partition coefficient (Wildman–Crippen LogP) is 5.23. The Morgan fingerprint density at radius 3 is 2.81 bits per heavy atom. The first-order chi connectivity index (χ1) is 12.4. The molecule has 0 spiro atoms. The number of carbonyl (C=O) groups is 1. The van der Waals surface area contributed by atoms with E-state index in [1.807, 2.05) is 7.05 Å². The summed E-state index contributed by atoms with van der Waals surface area (Å²) in [5, 5.41) is 13.5. The Bertz CT molecular complexity index is 865. The summed E-state index contributed by atoms with van der Waals surface area (Å²) in [7, 11) is 2.01. The van der Waals surface area contributed by atoms with E-state index in [0.717, 1.165) is 54.5 Å². The third-order valence-corrected chi connectivity index (χ3v) is 7.41. The fourth-order valence-corrected chi connectivity index (χ4v) is 6.06. The van der Waals surface area contributed by atoms with Crippen molar-refractivity contribution in [3.05, 3.63) is 45.3 Å². The van der Waals surface area contributed by atoms with Crippen molar-refractivity contribution in [2.45, 2.75) is 58.4 Å². The van der Waals surface area contributed by atoms with E-state index in [4.69, 9.17) is 0 Å². The van der Waals surface area contributed by atoms with Gasteiger partial charge < -0.3 is 10.4 Å². The van der Waals surface area contributed by atoms with Gasteiger partial charge in [0.15, 0.2) is 0 Å². The van der Waals surface area contributed by atoms with Gasteiger partial charge in [0.05, 0.1) is 5.56 Å². The van der Waals surface area contributed by atoms with Gasteiger partial charge >= 0.3 is 5.97 Å². The number of carboxylic acids is 1. The van der Waals surface area contributed by atoms with Gasteiger partial charge in [0, 0.05) is 15.8 Å². The molecule has 4 rings (SSSR count). The lowest BCUT2D eigenvalue weighted by Crippen LogP contribution is -2.22. The van der Waals surface area contributed by atoms with Crippen LogP contribution in [0.4, 0.5) is 0 Å². The lowest BCUT2D eigenvalue weighted by atomic mass is 9.75. The summed E-state index contributed by atoms with van der Waals surface area (Å²) in [4.78, 5) is 14.5. The van der Waals surface area contributed by atoms with E-state index in [0.29, 0.717) is 11.6 Å². The molecule has 2 N–H and O–H groups in total. The highest BCUT2D eigenvalue weighted by atomic mass is 32.1. The van der Waals surface area contributed by atoms with E-state index < -0.39 is 5.97 Å². The topological polar surface area (TPSA) is 49.3 Å². The second-order valence-electron chi connectivity index (χ2n) is 8.46. The van der Waals surface area contributed by atoms with Crippen LogP contribution in [-0.2, 0) is 19.3 Å². The first-order valence-corrected chi connectivity index (χ1v) is 10.4. The van der Waals surface area contributed by atoms with E-state index in [2.05, 4.69) is 37.4 Å². The van der Waals surface area contributed by atoms with Crippen molar-refractivity contribution in [2.75, 3.05) is 7.05 Å². The minimum atomic E-state index is -0.770. The Kier molecular flexibility index (Phi) is 4.44. The Labute approximate surface area is 159 Å². The molecule has 1 heterocycles. The van der Waals surface area contributed by atoms with Crippen LogP contribution >= 0.6 is 11.3 Å². The lowest BCUT2D eigenvalue weighted by Gasteiger charge is -2.29. The number of hydrogen-bond donors (Lipinski definition) is 2. The molecule has 2 aliphatic carbocycles. The first-order valence-electron chi connectivity index (χ1n) is 9.58. The van der Waals surface area contributed by atoms with Gasteiger partial charge in [-0.2, -0.15) is 0 Å². The number of aryl methyl sites for hydroxylation is 1. The summed E-state index contributed by atoms with van der Waals surface area (Å²) < 4.78 is 0. The van der Waals surface area contributed by atoms with Gasteiger partial charge in [-0.25, -0.2) is 4.79 Å². The van der Waals surface area contributed by atoms with Crippen molar-refractivity contribution in [3.8, 4) is 10.4 Å². The SMILES string of the molecule is CN[C@H]1CCCc2c(-c3sc4c(c3C(=O)O)CC(C)(C)CC4)cccc21. The summed E-state index contributed by atoms with van der Waals surface area (Å²) >= 11 is 1.72. The number of carboxylic acid groups (broad SMARTS) is 1. The molecule has 2 aliphatic rings. The van der Waals surface area contributed by atoms with Crippen LogP contribution < -0.4 is 5.32 Å².